The average Bonchev–Trinajstić information content (AvgIpc) is 2.68. The number of hydrogen-bond donors (Lipinski definition) is 3. The first kappa shape index (κ1) is 9.87. The van der Waals surface area contributed by atoms with Crippen molar-refractivity contribution in [3.63, 3.8) is 0 Å². The van der Waals surface area contributed by atoms with E-state index < -0.39 is 0 Å². The highest BCUT2D eigenvalue weighted by atomic mass is 14.9. The number of aromatic amines is 1. The predicted octanol–water partition coefficient (Wildman–Crippen LogP) is 1.57. The van der Waals surface area contributed by atoms with Crippen LogP contribution < -0.4 is 10.6 Å². The van der Waals surface area contributed by atoms with Crippen LogP contribution >= 0.6 is 0 Å². The molecule has 2 aromatic rings. The predicted molar refractivity (Wildman–Crippen MR) is 66.7 cm³/mol. The molecule has 3 N–H and O–H groups in total. The average molecular weight is 215 g/mol. The number of para-hydroxylation sites is 1. The molecule has 0 amide bonds. The molecule has 3 heteroatoms. The fraction of sp³-hybridized carbons (Fsp3) is 0.385. The highest BCUT2D eigenvalue weighted by Crippen LogP contribution is 2.31. The van der Waals surface area contributed by atoms with Crippen LogP contribution in [0, 0.1) is 0 Å². The van der Waals surface area contributed by atoms with Crippen molar-refractivity contribution in [2.75, 3.05) is 20.1 Å². The Balaban J connectivity index is 2.16. The van der Waals surface area contributed by atoms with Crippen molar-refractivity contribution in [2.45, 2.75) is 12.5 Å². The highest BCUT2D eigenvalue weighted by molar-refractivity contribution is 5.85. The van der Waals surface area contributed by atoms with Crippen LogP contribution in [0.3, 0.4) is 0 Å². The van der Waals surface area contributed by atoms with E-state index in [9.17, 15) is 0 Å². The Morgan fingerprint density at radius 1 is 1.38 bits per heavy atom. The first-order chi connectivity index (χ1) is 7.90. The quantitative estimate of drug-likeness (QED) is 0.711. The molecule has 0 saturated heterocycles. The Labute approximate surface area is 95.2 Å². The molecule has 1 atom stereocenters. The van der Waals surface area contributed by atoms with Crippen LogP contribution in [0.2, 0.25) is 0 Å². The minimum atomic E-state index is 0.574. The van der Waals surface area contributed by atoms with Gasteiger partial charge in [0.1, 0.15) is 0 Å². The molecule has 3 nitrogen and oxygen atoms in total. The number of rotatable bonds is 2. The normalized spacial score (nSPS) is 19.9. The highest BCUT2D eigenvalue weighted by Gasteiger charge is 2.23. The van der Waals surface area contributed by atoms with E-state index in [1.807, 2.05) is 7.05 Å². The number of H-pyrrole nitrogens is 1. The third-order valence-electron chi connectivity index (χ3n) is 3.38. The van der Waals surface area contributed by atoms with E-state index in [0.29, 0.717) is 5.92 Å². The van der Waals surface area contributed by atoms with Gasteiger partial charge in [0.2, 0.25) is 0 Å². The van der Waals surface area contributed by atoms with Gasteiger partial charge < -0.3 is 15.6 Å². The van der Waals surface area contributed by atoms with E-state index in [1.54, 1.807) is 0 Å². The van der Waals surface area contributed by atoms with E-state index >= 15 is 0 Å². The summed E-state index contributed by atoms with van der Waals surface area (Å²) in [7, 11) is 2.02. The molecule has 1 aromatic heterocycles. The van der Waals surface area contributed by atoms with Gasteiger partial charge in [0, 0.05) is 42.1 Å². The second kappa shape index (κ2) is 3.92. The van der Waals surface area contributed by atoms with Crippen LogP contribution in [0.1, 0.15) is 17.2 Å². The summed E-state index contributed by atoms with van der Waals surface area (Å²) in [5.41, 5.74) is 4.12. The molecule has 84 valence electrons. The number of aromatic nitrogens is 1. The van der Waals surface area contributed by atoms with Crippen molar-refractivity contribution in [1.29, 1.82) is 0 Å². The van der Waals surface area contributed by atoms with Gasteiger partial charge in [-0.1, -0.05) is 18.2 Å². The smallest absolute Gasteiger partial charge is 0.0459 e. The van der Waals surface area contributed by atoms with Crippen molar-refractivity contribution in [2.24, 2.45) is 0 Å². The van der Waals surface area contributed by atoms with E-state index in [0.717, 1.165) is 19.6 Å². The van der Waals surface area contributed by atoms with Crippen LogP contribution in [-0.2, 0) is 6.54 Å². The first-order valence-electron chi connectivity index (χ1n) is 5.85. The molecule has 2 heterocycles. The van der Waals surface area contributed by atoms with Gasteiger partial charge >= 0.3 is 0 Å². The third kappa shape index (κ3) is 1.44. The van der Waals surface area contributed by atoms with Gasteiger partial charge in [-0.05, 0) is 18.7 Å². The summed E-state index contributed by atoms with van der Waals surface area (Å²) in [4.78, 5) is 3.51. The van der Waals surface area contributed by atoms with Crippen molar-refractivity contribution in [3.8, 4) is 0 Å². The lowest BCUT2D eigenvalue weighted by molar-refractivity contribution is 0.520. The molecule has 0 aliphatic carbocycles. The zero-order chi connectivity index (χ0) is 11.0. The zero-order valence-corrected chi connectivity index (χ0v) is 9.51. The lowest BCUT2D eigenvalue weighted by Gasteiger charge is -2.23. The first-order valence-corrected chi connectivity index (χ1v) is 5.85. The van der Waals surface area contributed by atoms with E-state index in [-0.39, 0.29) is 0 Å². The lowest BCUT2D eigenvalue weighted by atomic mass is 9.93. The molecule has 3 rings (SSSR count). The van der Waals surface area contributed by atoms with Crippen LogP contribution in [0.5, 0.6) is 0 Å². The fourth-order valence-electron chi connectivity index (χ4n) is 2.72. The molecule has 16 heavy (non-hydrogen) atoms. The van der Waals surface area contributed by atoms with Crippen LogP contribution in [-0.4, -0.2) is 25.1 Å². The van der Waals surface area contributed by atoms with Gasteiger partial charge in [-0.25, -0.2) is 0 Å². The molecule has 0 bridgehead atoms. The zero-order valence-electron chi connectivity index (χ0n) is 9.51. The molecular weight excluding hydrogens is 198 g/mol. The maximum absolute atomic E-state index is 3.51. The SMILES string of the molecule is CNC[C@H]1CNCc2[nH]c3ccccc3c21. The summed E-state index contributed by atoms with van der Waals surface area (Å²) in [6, 6.07) is 8.59. The molecule has 1 aliphatic heterocycles. The molecule has 0 spiro atoms. The van der Waals surface area contributed by atoms with Gasteiger partial charge in [-0.15, -0.1) is 0 Å². The summed E-state index contributed by atoms with van der Waals surface area (Å²) >= 11 is 0. The Morgan fingerprint density at radius 2 is 2.25 bits per heavy atom. The van der Waals surface area contributed by atoms with Gasteiger partial charge in [0.05, 0.1) is 0 Å². The van der Waals surface area contributed by atoms with Gasteiger partial charge in [-0.2, -0.15) is 0 Å². The molecular formula is C13H17N3. The molecule has 0 fully saturated rings. The number of benzene rings is 1. The summed E-state index contributed by atoms with van der Waals surface area (Å²) in [5, 5.41) is 8.13. The van der Waals surface area contributed by atoms with Crippen LogP contribution in [0.15, 0.2) is 24.3 Å². The van der Waals surface area contributed by atoms with Crippen LogP contribution in [0.4, 0.5) is 0 Å². The topological polar surface area (TPSA) is 39.8 Å². The second-order valence-electron chi connectivity index (χ2n) is 4.45. The van der Waals surface area contributed by atoms with Crippen molar-refractivity contribution < 1.29 is 0 Å². The Morgan fingerprint density at radius 3 is 3.12 bits per heavy atom. The maximum atomic E-state index is 3.51. The third-order valence-corrected chi connectivity index (χ3v) is 3.38. The van der Waals surface area contributed by atoms with E-state index in [2.05, 4.69) is 39.9 Å². The monoisotopic (exact) mass is 215 g/mol. The molecule has 0 radical (unpaired) electrons. The van der Waals surface area contributed by atoms with Gasteiger partial charge in [-0.3, -0.25) is 0 Å². The van der Waals surface area contributed by atoms with Crippen molar-refractivity contribution in [3.05, 3.63) is 35.5 Å². The van der Waals surface area contributed by atoms with Crippen molar-refractivity contribution in [1.82, 2.24) is 15.6 Å². The molecule has 1 aromatic carbocycles. The van der Waals surface area contributed by atoms with E-state index in [1.165, 1.54) is 22.2 Å². The number of likely N-dealkylation sites (N-methyl/N-ethyl adjacent to an activating group) is 1. The summed E-state index contributed by atoms with van der Waals surface area (Å²) in [5.74, 6) is 0.574. The Kier molecular flexibility index (Phi) is 2.42. The number of hydrogen-bond acceptors (Lipinski definition) is 2. The number of nitrogens with one attached hydrogen (secondary N) is 3. The Bertz CT molecular complexity index is 501. The summed E-state index contributed by atoms with van der Waals surface area (Å²) < 4.78 is 0. The van der Waals surface area contributed by atoms with E-state index in [4.69, 9.17) is 0 Å². The van der Waals surface area contributed by atoms with Crippen LogP contribution in [0.25, 0.3) is 10.9 Å². The Hall–Kier alpha value is -1.32. The largest absolute Gasteiger partial charge is 0.357 e. The minimum absolute atomic E-state index is 0.574. The molecule has 0 saturated carbocycles. The minimum Gasteiger partial charge on any atom is -0.357 e. The molecule has 0 unspecified atom stereocenters. The maximum Gasteiger partial charge on any atom is 0.0459 e. The van der Waals surface area contributed by atoms with Gasteiger partial charge in [0.25, 0.3) is 0 Å². The number of fused-ring (bicyclic) bond motifs is 3. The lowest BCUT2D eigenvalue weighted by Crippen LogP contribution is -2.33. The summed E-state index contributed by atoms with van der Waals surface area (Å²) in [6.07, 6.45) is 0. The molecule has 1 aliphatic rings. The standard InChI is InChI=1S/C13H17N3/c1-14-6-9-7-15-8-12-13(9)10-4-2-3-5-11(10)16-12/h2-5,9,14-16H,6-8H2,1H3/t9-/m0/s1. The van der Waals surface area contributed by atoms with Crippen molar-refractivity contribution >= 4 is 10.9 Å². The summed E-state index contributed by atoms with van der Waals surface area (Å²) in [6.45, 7) is 3.06. The van der Waals surface area contributed by atoms with Gasteiger partial charge in [0.15, 0.2) is 0 Å². The second-order valence-corrected chi connectivity index (χ2v) is 4.45. The fourth-order valence-corrected chi connectivity index (χ4v) is 2.72.